The summed E-state index contributed by atoms with van der Waals surface area (Å²) in [4.78, 5) is 0.0820. The zero-order valence-corrected chi connectivity index (χ0v) is 13.7. The van der Waals surface area contributed by atoms with Crippen LogP contribution in [0.15, 0.2) is 29.2 Å². The van der Waals surface area contributed by atoms with Gasteiger partial charge in [0.05, 0.1) is 10.6 Å². The van der Waals surface area contributed by atoms with Gasteiger partial charge in [-0.25, -0.2) is 16.8 Å². The first-order valence-corrected chi connectivity index (χ1v) is 9.74. The van der Waals surface area contributed by atoms with Crippen molar-refractivity contribution in [3.8, 4) is 5.75 Å². The first-order chi connectivity index (χ1) is 9.66. The lowest BCUT2D eigenvalue weighted by Crippen LogP contribution is -2.31. The summed E-state index contributed by atoms with van der Waals surface area (Å²) in [6, 6.07) is 5.90. The van der Waals surface area contributed by atoms with Crippen molar-refractivity contribution in [3.05, 3.63) is 24.3 Å². The number of benzene rings is 1. The number of hydrogen-bond donors (Lipinski definition) is 1. The first-order valence-electron chi connectivity index (χ1n) is 6.24. The van der Waals surface area contributed by atoms with Crippen molar-refractivity contribution in [1.29, 1.82) is 0 Å². The van der Waals surface area contributed by atoms with Gasteiger partial charge in [-0.2, -0.15) is 4.31 Å². The molecule has 9 heteroatoms. The molecule has 0 unspecified atom stereocenters. The molecule has 0 saturated heterocycles. The smallest absolute Gasteiger partial charge is 0.242 e. The number of nitrogens with zero attached hydrogens (tertiary/aromatic N) is 1. The fraction of sp³-hybridized carbons (Fsp3) is 0.500. The molecule has 0 bridgehead atoms. The Bertz CT molecular complexity index is 653. The zero-order chi connectivity index (χ0) is 16.1. The van der Waals surface area contributed by atoms with E-state index in [1.807, 2.05) is 0 Å². The molecule has 2 N–H and O–H groups in total. The number of hydrogen-bond acceptors (Lipinski definition) is 6. The molecular formula is C12H20N2O5S2. The van der Waals surface area contributed by atoms with E-state index in [0.717, 1.165) is 10.6 Å². The van der Waals surface area contributed by atoms with E-state index in [0.29, 0.717) is 18.9 Å². The van der Waals surface area contributed by atoms with Crippen LogP contribution in [0.25, 0.3) is 0 Å². The van der Waals surface area contributed by atoms with Crippen molar-refractivity contribution in [2.24, 2.45) is 5.73 Å². The Hall–Kier alpha value is -1.16. The topological polar surface area (TPSA) is 107 Å². The molecule has 0 aliphatic carbocycles. The van der Waals surface area contributed by atoms with Crippen LogP contribution in [0.2, 0.25) is 0 Å². The summed E-state index contributed by atoms with van der Waals surface area (Å²) in [5.74, 6) is 0.304. The quantitative estimate of drug-likeness (QED) is 0.698. The molecule has 0 fully saturated rings. The van der Waals surface area contributed by atoms with Crippen LogP contribution in [0.5, 0.6) is 5.75 Å². The van der Waals surface area contributed by atoms with E-state index in [1.54, 1.807) is 0 Å². The van der Waals surface area contributed by atoms with Gasteiger partial charge in [0.2, 0.25) is 10.0 Å². The Balaban J connectivity index is 2.82. The number of nitrogens with two attached hydrogens (primary N) is 1. The second-order valence-electron chi connectivity index (χ2n) is 4.56. The average molecular weight is 336 g/mol. The monoisotopic (exact) mass is 336 g/mol. The normalized spacial score (nSPS) is 12.6. The Kier molecular flexibility index (Phi) is 6.14. The van der Waals surface area contributed by atoms with E-state index in [1.165, 1.54) is 31.3 Å². The number of rotatable bonds is 8. The van der Waals surface area contributed by atoms with Gasteiger partial charge >= 0.3 is 0 Å². The molecule has 0 spiro atoms. The largest absolute Gasteiger partial charge is 0.492 e. The summed E-state index contributed by atoms with van der Waals surface area (Å²) < 4.78 is 53.0. The maximum Gasteiger partial charge on any atom is 0.242 e. The minimum Gasteiger partial charge on any atom is -0.492 e. The highest BCUT2D eigenvalue weighted by Crippen LogP contribution is 2.18. The number of sulfonamides is 1. The minimum absolute atomic E-state index is 0.0820. The molecule has 0 aromatic heterocycles. The van der Waals surface area contributed by atoms with E-state index in [-0.39, 0.29) is 17.2 Å². The third-order valence-electron chi connectivity index (χ3n) is 2.70. The highest BCUT2D eigenvalue weighted by Gasteiger charge is 2.21. The van der Waals surface area contributed by atoms with Crippen LogP contribution in [0.1, 0.15) is 0 Å². The average Bonchev–Trinajstić information content (AvgIpc) is 2.42. The van der Waals surface area contributed by atoms with E-state index >= 15 is 0 Å². The van der Waals surface area contributed by atoms with Crippen LogP contribution in [0, 0.1) is 0 Å². The van der Waals surface area contributed by atoms with E-state index in [9.17, 15) is 16.8 Å². The summed E-state index contributed by atoms with van der Waals surface area (Å²) in [5.41, 5.74) is 5.31. The lowest BCUT2D eigenvalue weighted by atomic mass is 10.3. The molecule has 120 valence electrons. The molecule has 0 radical (unpaired) electrons. The maximum absolute atomic E-state index is 12.2. The van der Waals surface area contributed by atoms with Crippen LogP contribution in [0.3, 0.4) is 0 Å². The molecule has 0 atom stereocenters. The van der Waals surface area contributed by atoms with Crippen molar-refractivity contribution < 1.29 is 21.6 Å². The van der Waals surface area contributed by atoms with Gasteiger partial charge in [0.1, 0.15) is 22.2 Å². The van der Waals surface area contributed by atoms with Gasteiger partial charge in [-0.05, 0) is 24.3 Å². The molecule has 1 aromatic carbocycles. The summed E-state index contributed by atoms with van der Waals surface area (Å²) >= 11 is 0. The summed E-state index contributed by atoms with van der Waals surface area (Å²) in [6.07, 6.45) is 1.07. The highest BCUT2D eigenvalue weighted by molar-refractivity contribution is 7.91. The van der Waals surface area contributed by atoms with E-state index < -0.39 is 19.9 Å². The van der Waals surface area contributed by atoms with Crippen LogP contribution in [-0.4, -0.2) is 59.9 Å². The first kappa shape index (κ1) is 17.9. The Morgan fingerprint density at radius 3 is 2.19 bits per heavy atom. The van der Waals surface area contributed by atoms with E-state index in [4.69, 9.17) is 10.5 Å². The maximum atomic E-state index is 12.2. The minimum atomic E-state index is -3.71. The van der Waals surface area contributed by atoms with Crippen LogP contribution < -0.4 is 10.5 Å². The molecule has 7 nitrogen and oxygen atoms in total. The van der Waals surface area contributed by atoms with Gasteiger partial charge in [-0.1, -0.05) is 0 Å². The van der Waals surface area contributed by atoms with Gasteiger partial charge in [-0.15, -0.1) is 0 Å². The fourth-order valence-electron chi connectivity index (χ4n) is 1.48. The Morgan fingerprint density at radius 2 is 1.71 bits per heavy atom. The van der Waals surface area contributed by atoms with Gasteiger partial charge in [0.25, 0.3) is 0 Å². The Morgan fingerprint density at radius 1 is 1.14 bits per heavy atom. The molecule has 0 aliphatic rings. The SMILES string of the molecule is CN(CCS(C)(=O)=O)S(=O)(=O)c1ccc(OCCN)cc1. The standard InChI is InChI=1S/C12H20N2O5S2/c1-14(8-10-20(2,15)16)21(17,18)12-5-3-11(4-6-12)19-9-7-13/h3-6H,7-10,13H2,1-2H3. The molecular weight excluding hydrogens is 316 g/mol. The molecule has 21 heavy (non-hydrogen) atoms. The molecule has 1 rings (SSSR count). The highest BCUT2D eigenvalue weighted by atomic mass is 32.2. The van der Waals surface area contributed by atoms with Crippen LogP contribution in [-0.2, 0) is 19.9 Å². The molecule has 1 aromatic rings. The predicted molar refractivity (Wildman–Crippen MR) is 80.5 cm³/mol. The predicted octanol–water partition coefficient (Wildman–Crippen LogP) is -0.311. The molecule has 0 heterocycles. The lowest BCUT2D eigenvalue weighted by Gasteiger charge is -2.16. The van der Waals surface area contributed by atoms with Gasteiger partial charge in [-0.3, -0.25) is 0 Å². The number of sulfone groups is 1. The van der Waals surface area contributed by atoms with Crippen LogP contribution in [0.4, 0.5) is 0 Å². The zero-order valence-electron chi connectivity index (χ0n) is 12.0. The van der Waals surface area contributed by atoms with Crippen LogP contribution >= 0.6 is 0 Å². The van der Waals surface area contributed by atoms with Crippen molar-refractivity contribution in [3.63, 3.8) is 0 Å². The fourth-order valence-corrected chi connectivity index (χ4v) is 3.37. The second-order valence-corrected chi connectivity index (χ2v) is 8.87. The van der Waals surface area contributed by atoms with Crippen molar-refractivity contribution in [2.75, 3.05) is 38.8 Å². The summed E-state index contributed by atoms with van der Waals surface area (Å²) in [7, 11) is -5.58. The van der Waals surface area contributed by atoms with Crippen molar-refractivity contribution in [1.82, 2.24) is 4.31 Å². The molecule has 0 aliphatic heterocycles. The number of ether oxygens (including phenoxy) is 1. The lowest BCUT2D eigenvalue weighted by molar-refractivity contribution is 0.328. The van der Waals surface area contributed by atoms with Crippen molar-refractivity contribution in [2.45, 2.75) is 4.90 Å². The summed E-state index contributed by atoms with van der Waals surface area (Å²) in [5, 5.41) is 0. The summed E-state index contributed by atoms with van der Waals surface area (Å²) in [6.45, 7) is 0.626. The molecule has 0 saturated carbocycles. The van der Waals surface area contributed by atoms with Gasteiger partial charge in [0, 0.05) is 26.4 Å². The molecule has 0 amide bonds. The Labute approximate surface area is 125 Å². The third-order valence-corrected chi connectivity index (χ3v) is 5.49. The third kappa shape index (κ3) is 5.62. The van der Waals surface area contributed by atoms with Gasteiger partial charge in [0.15, 0.2) is 0 Å². The second kappa shape index (κ2) is 7.21. The van der Waals surface area contributed by atoms with Crippen molar-refractivity contribution >= 4 is 19.9 Å². The van der Waals surface area contributed by atoms with E-state index in [2.05, 4.69) is 0 Å². The van der Waals surface area contributed by atoms with Gasteiger partial charge < -0.3 is 10.5 Å².